The second-order valence-corrected chi connectivity index (χ2v) is 6.42. The average molecular weight is 314 g/mol. The van der Waals surface area contributed by atoms with Crippen molar-refractivity contribution in [2.45, 2.75) is 32.1 Å². The van der Waals surface area contributed by atoms with Gasteiger partial charge >= 0.3 is 0 Å². The highest BCUT2D eigenvalue weighted by Gasteiger charge is 2.15. The Hall–Kier alpha value is -2.86. The Bertz CT molecular complexity index is 952. The van der Waals surface area contributed by atoms with Gasteiger partial charge in [-0.05, 0) is 60.6 Å². The van der Waals surface area contributed by atoms with E-state index < -0.39 is 0 Å². The van der Waals surface area contributed by atoms with Crippen LogP contribution >= 0.6 is 0 Å². The molecule has 3 heteroatoms. The fourth-order valence-corrected chi connectivity index (χ4v) is 3.52. The molecule has 3 nitrogen and oxygen atoms in total. The minimum absolute atomic E-state index is 0.239. The summed E-state index contributed by atoms with van der Waals surface area (Å²) in [5, 5.41) is 20.3. The zero-order valence-electron chi connectivity index (χ0n) is 13.4. The molecule has 1 aromatic heterocycles. The number of fused-ring (bicyclic) bond motifs is 3. The van der Waals surface area contributed by atoms with E-state index in [1.807, 2.05) is 18.2 Å². The third-order valence-electron chi connectivity index (χ3n) is 4.82. The van der Waals surface area contributed by atoms with Crippen LogP contribution in [-0.2, 0) is 19.3 Å². The number of aromatic nitrogens is 1. The molecule has 1 aliphatic rings. The number of rotatable bonds is 2. The summed E-state index contributed by atoms with van der Waals surface area (Å²) in [4.78, 5) is 4.81. The monoisotopic (exact) mass is 314 g/mol. The summed E-state index contributed by atoms with van der Waals surface area (Å²) in [5.41, 5.74) is 6.17. The molecule has 0 fully saturated rings. The van der Waals surface area contributed by atoms with Crippen molar-refractivity contribution in [1.82, 2.24) is 4.98 Å². The highest BCUT2D eigenvalue weighted by molar-refractivity contribution is 5.85. The number of aromatic hydroxyl groups is 1. The van der Waals surface area contributed by atoms with Crippen molar-refractivity contribution in [3.05, 3.63) is 70.4 Å². The zero-order valence-corrected chi connectivity index (χ0v) is 13.4. The van der Waals surface area contributed by atoms with Crippen LogP contribution in [0.15, 0.2) is 42.5 Å². The second kappa shape index (κ2) is 5.98. The Kier molecular flexibility index (Phi) is 3.66. The fraction of sp³-hybridized carbons (Fsp3) is 0.238. The van der Waals surface area contributed by atoms with Gasteiger partial charge in [0.2, 0.25) is 0 Å². The van der Waals surface area contributed by atoms with Crippen LogP contribution < -0.4 is 0 Å². The minimum atomic E-state index is 0.239. The lowest BCUT2D eigenvalue weighted by Crippen LogP contribution is -2.05. The van der Waals surface area contributed by atoms with E-state index in [0.29, 0.717) is 17.7 Å². The Balaban J connectivity index is 1.77. The summed E-state index contributed by atoms with van der Waals surface area (Å²) in [7, 11) is 0. The summed E-state index contributed by atoms with van der Waals surface area (Å²) >= 11 is 0. The Morgan fingerprint density at radius 2 is 1.83 bits per heavy atom. The predicted molar refractivity (Wildman–Crippen MR) is 94.0 cm³/mol. The van der Waals surface area contributed by atoms with Gasteiger partial charge in [-0.15, -0.1) is 0 Å². The summed E-state index contributed by atoms with van der Waals surface area (Å²) in [6.45, 7) is 0. The molecule has 0 radical (unpaired) electrons. The van der Waals surface area contributed by atoms with E-state index in [1.165, 1.54) is 24.0 Å². The van der Waals surface area contributed by atoms with E-state index in [4.69, 9.17) is 10.2 Å². The van der Waals surface area contributed by atoms with Gasteiger partial charge in [0.15, 0.2) is 0 Å². The van der Waals surface area contributed by atoms with E-state index in [0.717, 1.165) is 29.3 Å². The maximum absolute atomic E-state index is 10.4. The van der Waals surface area contributed by atoms with E-state index >= 15 is 0 Å². The van der Waals surface area contributed by atoms with Crippen molar-refractivity contribution in [1.29, 1.82) is 5.26 Å². The highest BCUT2D eigenvalue weighted by atomic mass is 16.3. The molecule has 118 valence electrons. The van der Waals surface area contributed by atoms with Gasteiger partial charge in [-0.1, -0.05) is 24.3 Å². The lowest BCUT2D eigenvalue weighted by atomic mass is 9.89. The standard InChI is InChI=1S/C21H18N2O/c22-13-15-7-5-14(6-8-15)11-19-20(24)12-17-10-9-16-3-1-2-4-18(16)21(17)23-19/h5-10,12,24H,1-4,11H2. The van der Waals surface area contributed by atoms with Crippen LogP contribution in [-0.4, -0.2) is 10.1 Å². The van der Waals surface area contributed by atoms with Gasteiger partial charge in [0, 0.05) is 11.8 Å². The molecule has 0 bridgehead atoms. The van der Waals surface area contributed by atoms with Gasteiger partial charge in [-0.2, -0.15) is 5.26 Å². The highest BCUT2D eigenvalue weighted by Crippen LogP contribution is 2.31. The molecule has 1 heterocycles. The first-order chi connectivity index (χ1) is 11.7. The number of aryl methyl sites for hydroxylation is 2. The van der Waals surface area contributed by atoms with Crippen molar-refractivity contribution >= 4 is 10.9 Å². The van der Waals surface area contributed by atoms with Crippen LogP contribution in [0.5, 0.6) is 5.75 Å². The molecule has 0 spiro atoms. The number of hydrogen-bond donors (Lipinski definition) is 1. The Labute approximate surface area is 141 Å². The smallest absolute Gasteiger partial charge is 0.138 e. The van der Waals surface area contributed by atoms with Gasteiger partial charge < -0.3 is 5.11 Å². The van der Waals surface area contributed by atoms with Crippen LogP contribution in [0.3, 0.4) is 0 Å². The Morgan fingerprint density at radius 1 is 1.04 bits per heavy atom. The summed E-state index contributed by atoms with van der Waals surface area (Å²) in [5.74, 6) is 0.239. The van der Waals surface area contributed by atoms with E-state index in [1.54, 1.807) is 12.1 Å². The molecule has 2 aromatic carbocycles. The van der Waals surface area contributed by atoms with E-state index in [2.05, 4.69) is 18.2 Å². The summed E-state index contributed by atoms with van der Waals surface area (Å²) in [6, 6.07) is 15.6. The lowest BCUT2D eigenvalue weighted by Gasteiger charge is -2.18. The van der Waals surface area contributed by atoms with Gasteiger partial charge in [0.05, 0.1) is 22.8 Å². The first kappa shape index (κ1) is 14.7. The molecule has 4 rings (SSSR count). The molecule has 0 amide bonds. The second-order valence-electron chi connectivity index (χ2n) is 6.42. The molecule has 0 saturated carbocycles. The largest absolute Gasteiger partial charge is 0.506 e. The van der Waals surface area contributed by atoms with E-state index in [9.17, 15) is 5.11 Å². The van der Waals surface area contributed by atoms with Crippen LogP contribution in [0, 0.1) is 11.3 Å². The molecular weight excluding hydrogens is 296 g/mol. The molecule has 1 N–H and O–H groups in total. The molecule has 0 saturated heterocycles. The molecule has 24 heavy (non-hydrogen) atoms. The quantitative estimate of drug-likeness (QED) is 0.768. The van der Waals surface area contributed by atoms with Gasteiger partial charge in [0.25, 0.3) is 0 Å². The number of hydrogen-bond acceptors (Lipinski definition) is 3. The fourth-order valence-electron chi connectivity index (χ4n) is 3.52. The number of pyridine rings is 1. The van der Waals surface area contributed by atoms with Crippen molar-refractivity contribution in [2.24, 2.45) is 0 Å². The van der Waals surface area contributed by atoms with E-state index in [-0.39, 0.29) is 5.75 Å². The van der Waals surface area contributed by atoms with Crippen molar-refractivity contribution in [2.75, 3.05) is 0 Å². The molecule has 1 aliphatic carbocycles. The van der Waals surface area contributed by atoms with Gasteiger partial charge in [0.1, 0.15) is 5.75 Å². The normalized spacial score (nSPS) is 13.5. The van der Waals surface area contributed by atoms with Crippen LogP contribution in [0.4, 0.5) is 0 Å². The topological polar surface area (TPSA) is 56.9 Å². The van der Waals surface area contributed by atoms with Gasteiger partial charge in [-0.25, -0.2) is 4.98 Å². The predicted octanol–water partition coefficient (Wildman–Crippen LogP) is 4.28. The number of nitrogens with zero attached hydrogens (tertiary/aromatic N) is 2. The van der Waals surface area contributed by atoms with Crippen molar-refractivity contribution < 1.29 is 5.11 Å². The third kappa shape index (κ3) is 2.61. The summed E-state index contributed by atoms with van der Waals surface area (Å²) in [6.07, 6.45) is 5.21. The van der Waals surface area contributed by atoms with Crippen LogP contribution in [0.1, 0.15) is 40.8 Å². The van der Waals surface area contributed by atoms with Gasteiger partial charge in [-0.3, -0.25) is 0 Å². The first-order valence-electron chi connectivity index (χ1n) is 8.37. The minimum Gasteiger partial charge on any atom is -0.506 e. The molecule has 0 unspecified atom stereocenters. The Morgan fingerprint density at radius 3 is 2.62 bits per heavy atom. The van der Waals surface area contributed by atoms with Crippen LogP contribution in [0.25, 0.3) is 10.9 Å². The molecular formula is C21H18N2O. The zero-order chi connectivity index (χ0) is 16.5. The number of benzene rings is 2. The molecule has 3 aromatic rings. The molecule has 0 aliphatic heterocycles. The maximum atomic E-state index is 10.4. The number of nitriles is 1. The molecule has 0 atom stereocenters. The summed E-state index contributed by atoms with van der Waals surface area (Å²) < 4.78 is 0. The first-order valence-corrected chi connectivity index (χ1v) is 8.37. The average Bonchev–Trinajstić information content (AvgIpc) is 2.63. The third-order valence-corrected chi connectivity index (χ3v) is 4.82. The van der Waals surface area contributed by atoms with Crippen molar-refractivity contribution in [3.8, 4) is 11.8 Å². The maximum Gasteiger partial charge on any atom is 0.138 e. The SMILES string of the molecule is N#Cc1ccc(Cc2nc3c4c(ccc3cc2O)CCCC4)cc1. The van der Waals surface area contributed by atoms with Crippen LogP contribution in [0.2, 0.25) is 0 Å². The van der Waals surface area contributed by atoms with Crippen molar-refractivity contribution in [3.63, 3.8) is 0 Å². The lowest BCUT2D eigenvalue weighted by molar-refractivity contribution is 0.467.